The van der Waals surface area contributed by atoms with Gasteiger partial charge in [0, 0.05) is 11.5 Å². The maximum absolute atomic E-state index is 9.44. The fourth-order valence-corrected chi connectivity index (χ4v) is 0. The Morgan fingerprint density at radius 2 is 0.923 bits per heavy atom. The van der Waals surface area contributed by atoms with Gasteiger partial charge >= 0.3 is 16.8 Å². The molecule has 0 atom stereocenters. The van der Waals surface area contributed by atoms with Crippen molar-refractivity contribution >= 4 is 20.2 Å². The van der Waals surface area contributed by atoms with E-state index in [1.165, 1.54) is 13.8 Å². The molecule has 0 spiro atoms. The summed E-state index contributed by atoms with van der Waals surface area (Å²) in [5, 5.41) is 0. The molecule has 0 bridgehead atoms. The minimum atomic E-state index is -3.91. The summed E-state index contributed by atoms with van der Waals surface area (Å²) in [7, 11) is -7.82. The molecule has 9 heteroatoms. The molecule has 0 aromatic heterocycles. The van der Waals surface area contributed by atoms with E-state index in [1.54, 1.807) is 0 Å². The molecule has 0 rings (SSSR count). The predicted octanol–water partition coefficient (Wildman–Crippen LogP) is -0.899. The Bertz CT molecular complexity index is 259. The summed E-state index contributed by atoms with van der Waals surface area (Å²) in [6.07, 6.45) is 0. The van der Waals surface area contributed by atoms with E-state index in [4.69, 9.17) is 0 Å². The molecular formula is C4H10CoO6S2. The minimum Gasteiger partial charge on any atom is -0.748 e. The van der Waals surface area contributed by atoms with Crippen LogP contribution in [0.2, 0.25) is 0 Å². The number of hydrogen-bond donors (Lipinski definition) is 0. The van der Waals surface area contributed by atoms with Gasteiger partial charge in [0.1, 0.15) is 0 Å². The molecule has 0 fully saturated rings. The Morgan fingerprint density at radius 3 is 0.923 bits per heavy atom. The topological polar surface area (TPSA) is 114 Å². The van der Waals surface area contributed by atoms with Gasteiger partial charge in [0.25, 0.3) is 0 Å². The molecule has 0 saturated heterocycles. The third-order valence-electron chi connectivity index (χ3n) is 0.707. The number of rotatable bonds is 2. The Labute approximate surface area is 88.4 Å². The van der Waals surface area contributed by atoms with E-state index in [2.05, 4.69) is 0 Å². The Balaban J connectivity index is -0.000000143. The normalized spacial score (nSPS) is 10.8. The molecule has 0 heterocycles. The van der Waals surface area contributed by atoms with Crippen LogP contribution in [0, 0.1) is 0 Å². The van der Waals surface area contributed by atoms with Gasteiger partial charge in [-0.05, 0) is 0 Å². The molecule has 0 aromatic carbocycles. The number of hydrogen-bond acceptors (Lipinski definition) is 6. The van der Waals surface area contributed by atoms with Crippen molar-refractivity contribution in [2.24, 2.45) is 0 Å². The summed E-state index contributed by atoms with van der Waals surface area (Å²) in [5.74, 6) is -0.625. The monoisotopic (exact) mass is 277 g/mol. The van der Waals surface area contributed by atoms with E-state index in [0.29, 0.717) is 0 Å². The van der Waals surface area contributed by atoms with Crippen molar-refractivity contribution in [3.63, 3.8) is 0 Å². The van der Waals surface area contributed by atoms with Gasteiger partial charge < -0.3 is 9.11 Å². The zero-order chi connectivity index (χ0) is 10.4. The second-order valence-electron chi connectivity index (χ2n) is 1.69. The summed E-state index contributed by atoms with van der Waals surface area (Å²) in [4.78, 5) is 0. The molecule has 0 N–H and O–H groups in total. The molecular weight excluding hydrogens is 267 g/mol. The van der Waals surface area contributed by atoms with E-state index in [9.17, 15) is 25.9 Å². The molecule has 83 valence electrons. The van der Waals surface area contributed by atoms with E-state index >= 15 is 0 Å². The summed E-state index contributed by atoms with van der Waals surface area (Å²) >= 11 is 0. The van der Waals surface area contributed by atoms with Crippen LogP contribution in [0.1, 0.15) is 13.8 Å². The Hall–Kier alpha value is 0.326. The average Bonchev–Trinajstić information content (AvgIpc) is 1.86. The molecule has 0 aliphatic rings. The van der Waals surface area contributed by atoms with Crippen LogP contribution in [0.15, 0.2) is 0 Å². The van der Waals surface area contributed by atoms with E-state index < -0.39 is 20.2 Å². The first kappa shape index (κ1) is 19.0. The first-order chi connectivity index (χ1) is 5.12. The van der Waals surface area contributed by atoms with Crippen molar-refractivity contribution in [3.8, 4) is 0 Å². The second-order valence-corrected chi connectivity index (χ2v) is 5.08. The smallest absolute Gasteiger partial charge is 0.748 e. The molecule has 1 radical (unpaired) electrons. The van der Waals surface area contributed by atoms with E-state index in [-0.39, 0.29) is 28.3 Å². The van der Waals surface area contributed by atoms with Gasteiger partial charge in [-0.25, -0.2) is 16.8 Å². The second kappa shape index (κ2) is 7.70. The Kier molecular flexibility index (Phi) is 11.3. The SMILES string of the molecule is CCS(=O)(=O)[O-].CCS(=O)(=O)[O-].[Co+2]. The van der Waals surface area contributed by atoms with Crippen LogP contribution in [-0.2, 0) is 37.0 Å². The standard InChI is InChI=1S/2C2H6O3S.Co/c2*1-2-6(3,4)5;/h2*2H2,1H3,(H,3,4,5);/q;;+2/p-2. The molecule has 6 nitrogen and oxygen atoms in total. The molecule has 0 amide bonds. The van der Waals surface area contributed by atoms with E-state index in [0.717, 1.165) is 0 Å². The van der Waals surface area contributed by atoms with Crippen LogP contribution in [0.25, 0.3) is 0 Å². The van der Waals surface area contributed by atoms with Crippen LogP contribution in [0.4, 0.5) is 0 Å². The van der Waals surface area contributed by atoms with Gasteiger partial charge in [0.05, 0.1) is 20.2 Å². The predicted molar refractivity (Wildman–Crippen MR) is 40.5 cm³/mol. The average molecular weight is 277 g/mol. The first-order valence-electron chi connectivity index (χ1n) is 2.99. The first-order valence-corrected chi connectivity index (χ1v) is 6.15. The van der Waals surface area contributed by atoms with Crippen LogP contribution >= 0.6 is 0 Å². The van der Waals surface area contributed by atoms with Crippen LogP contribution in [0.3, 0.4) is 0 Å². The van der Waals surface area contributed by atoms with Crippen molar-refractivity contribution in [3.05, 3.63) is 0 Å². The summed E-state index contributed by atoms with van der Waals surface area (Å²) in [5.41, 5.74) is 0. The summed E-state index contributed by atoms with van der Waals surface area (Å²) in [6, 6.07) is 0. The van der Waals surface area contributed by atoms with Crippen molar-refractivity contribution in [1.82, 2.24) is 0 Å². The molecule has 0 aliphatic heterocycles. The maximum Gasteiger partial charge on any atom is 2.00 e. The van der Waals surface area contributed by atoms with Crippen molar-refractivity contribution in [1.29, 1.82) is 0 Å². The fraction of sp³-hybridized carbons (Fsp3) is 1.00. The zero-order valence-electron chi connectivity index (χ0n) is 7.01. The Morgan fingerprint density at radius 1 is 0.846 bits per heavy atom. The fourth-order valence-electron chi connectivity index (χ4n) is 0. The van der Waals surface area contributed by atoms with Gasteiger partial charge in [0.15, 0.2) is 0 Å². The summed E-state index contributed by atoms with van der Waals surface area (Å²) < 4.78 is 56.7. The molecule has 0 aromatic rings. The van der Waals surface area contributed by atoms with Crippen LogP contribution < -0.4 is 0 Å². The third-order valence-corrected chi connectivity index (χ3v) is 2.12. The zero-order valence-corrected chi connectivity index (χ0v) is 9.69. The van der Waals surface area contributed by atoms with Gasteiger partial charge in [-0.1, -0.05) is 13.8 Å². The molecule has 13 heavy (non-hydrogen) atoms. The molecule has 0 unspecified atom stereocenters. The van der Waals surface area contributed by atoms with Crippen molar-refractivity contribution in [2.45, 2.75) is 13.8 Å². The minimum absolute atomic E-state index is 0. The van der Waals surface area contributed by atoms with E-state index in [1.807, 2.05) is 0 Å². The summed E-state index contributed by atoms with van der Waals surface area (Å²) in [6.45, 7) is 2.62. The molecule has 0 saturated carbocycles. The maximum atomic E-state index is 9.44. The van der Waals surface area contributed by atoms with Gasteiger partial charge in [0.2, 0.25) is 0 Å². The molecule has 0 aliphatic carbocycles. The largest absolute Gasteiger partial charge is 2.00 e. The van der Waals surface area contributed by atoms with Crippen molar-refractivity contribution < 1.29 is 42.7 Å². The van der Waals surface area contributed by atoms with Gasteiger partial charge in [-0.3, -0.25) is 0 Å². The van der Waals surface area contributed by atoms with Crippen LogP contribution in [0.5, 0.6) is 0 Å². The van der Waals surface area contributed by atoms with Crippen LogP contribution in [-0.4, -0.2) is 37.4 Å². The van der Waals surface area contributed by atoms with Gasteiger partial charge in [-0.2, -0.15) is 0 Å². The third kappa shape index (κ3) is 32.8. The van der Waals surface area contributed by atoms with Crippen molar-refractivity contribution in [2.75, 3.05) is 11.5 Å². The quantitative estimate of drug-likeness (QED) is 0.604. The van der Waals surface area contributed by atoms with Gasteiger partial charge in [-0.15, -0.1) is 0 Å².